The van der Waals surface area contributed by atoms with Crippen LogP contribution in [0.2, 0.25) is 0 Å². The van der Waals surface area contributed by atoms with Crippen LogP contribution in [-0.2, 0) is 6.54 Å². The number of rotatable bonds is 6. The molecule has 0 saturated carbocycles. The van der Waals surface area contributed by atoms with E-state index >= 15 is 0 Å². The van der Waals surface area contributed by atoms with Crippen LogP contribution in [0.5, 0.6) is 0 Å². The fourth-order valence-electron chi connectivity index (χ4n) is 2.55. The topological polar surface area (TPSA) is 69.6 Å². The molecular weight excluding hydrogens is 366 g/mol. The molecule has 3 aromatic heterocycles. The molecule has 0 radical (unpaired) electrons. The molecule has 0 amide bonds. The summed E-state index contributed by atoms with van der Waals surface area (Å²) < 4.78 is 7.97. The van der Waals surface area contributed by atoms with Crippen molar-refractivity contribution in [2.24, 2.45) is 0 Å². The van der Waals surface area contributed by atoms with E-state index < -0.39 is 0 Å². The van der Waals surface area contributed by atoms with Crippen molar-refractivity contribution in [1.82, 2.24) is 25.0 Å². The summed E-state index contributed by atoms with van der Waals surface area (Å²) in [5.41, 5.74) is 0.917. The van der Waals surface area contributed by atoms with Crippen molar-refractivity contribution in [2.45, 2.75) is 30.8 Å². The Kier molecular flexibility index (Phi) is 4.85. The molecule has 0 aliphatic heterocycles. The Morgan fingerprint density at radius 3 is 2.65 bits per heavy atom. The molecule has 26 heavy (non-hydrogen) atoms. The van der Waals surface area contributed by atoms with E-state index in [-0.39, 0.29) is 5.25 Å². The Hall–Kier alpha value is -2.45. The van der Waals surface area contributed by atoms with Crippen LogP contribution in [0.4, 0.5) is 0 Å². The molecule has 3 heterocycles. The highest BCUT2D eigenvalue weighted by Crippen LogP contribution is 2.36. The summed E-state index contributed by atoms with van der Waals surface area (Å²) in [7, 11) is 0. The molecule has 0 bridgehead atoms. The van der Waals surface area contributed by atoms with Gasteiger partial charge in [0.05, 0.1) is 10.1 Å². The van der Waals surface area contributed by atoms with Gasteiger partial charge in [0.25, 0.3) is 0 Å². The first kappa shape index (κ1) is 17.0. The minimum atomic E-state index is -0.0225. The lowest BCUT2D eigenvalue weighted by Crippen LogP contribution is -2.00. The molecule has 1 atom stereocenters. The van der Waals surface area contributed by atoms with Gasteiger partial charge < -0.3 is 8.98 Å². The molecule has 0 saturated heterocycles. The molecule has 4 rings (SSSR count). The summed E-state index contributed by atoms with van der Waals surface area (Å²) in [6.45, 7) is 4.93. The third-order valence-corrected chi connectivity index (χ3v) is 5.80. The van der Waals surface area contributed by atoms with Gasteiger partial charge in [-0.05, 0) is 37.4 Å². The lowest BCUT2D eigenvalue weighted by molar-refractivity contribution is 0.508. The molecule has 0 N–H and O–H groups in total. The van der Waals surface area contributed by atoms with E-state index in [1.54, 1.807) is 23.1 Å². The maximum atomic E-state index is 5.86. The molecule has 132 valence electrons. The van der Waals surface area contributed by atoms with Gasteiger partial charge in [-0.3, -0.25) is 0 Å². The molecule has 1 aromatic carbocycles. The number of thiophene rings is 1. The lowest BCUT2D eigenvalue weighted by Gasteiger charge is -2.08. The van der Waals surface area contributed by atoms with Crippen LogP contribution in [0, 0.1) is 0 Å². The van der Waals surface area contributed by atoms with Gasteiger partial charge in [0.15, 0.2) is 11.0 Å². The van der Waals surface area contributed by atoms with Crippen molar-refractivity contribution in [3.05, 3.63) is 53.7 Å². The molecule has 4 aromatic rings. The molecule has 0 fully saturated rings. The standard InChI is InChI=1S/C18H17N5OS2/c1-3-23-15(14-10-7-11-25-14)19-22-18(23)26-12(2)16-20-21-17(24-16)13-8-5-4-6-9-13/h4-12H,3H2,1-2H3/t12-/m0/s1. The summed E-state index contributed by atoms with van der Waals surface area (Å²) in [5.74, 6) is 2.01. The van der Waals surface area contributed by atoms with Crippen LogP contribution in [0.1, 0.15) is 25.0 Å². The van der Waals surface area contributed by atoms with E-state index in [4.69, 9.17) is 4.42 Å². The summed E-state index contributed by atoms with van der Waals surface area (Å²) >= 11 is 3.23. The van der Waals surface area contributed by atoms with Crippen LogP contribution in [0.3, 0.4) is 0 Å². The normalized spacial score (nSPS) is 12.4. The van der Waals surface area contributed by atoms with Crippen molar-refractivity contribution in [3.8, 4) is 22.2 Å². The van der Waals surface area contributed by atoms with Crippen molar-refractivity contribution in [3.63, 3.8) is 0 Å². The van der Waals surface area contributed by atoms with Crippen molar-refractivity contribution in [1.29, 1.82) is 0 Å². The largest absolute Gasteiger partial charge is 0.419 e. The predicted octanol–water partition coefficient (Wildman–Crippen LogP) is 4.93. The van der Waals surface area contributed by atoms with Crippen LogP contribution in [0.25, 0.3) is 22.2 Å². The van der Waals surface area contributed by atoms with E-state index in [9.17, 15) is 0 Å². The van der Waals surface area contributed by atoms with Crippen molar-refractivity contribution >= 4 is 23.1 Å². The zero-order valence-electron chi connectivity index (χ0n) is 14.4. The highest BCUT2D eigenvalue weighted by molar-refractivity contribution is 7.99. The average Bonchev–Trinajstić information content (AvgIpc) is 3.42. The predicted molar refractivity (Wildman–Crippen MR) is 103 cm³/mol. The van der Waals surface area contributed by atoms with E-state index in [1.807, 2.05) is 48.7 Å². The second kappa shape index (κ2) is 7.43. The smallest absolute Gasteiger partial charge is 0.247 e. The maximum Gasteiger partial charge on any atom is 0.247 e. The fourth-order valence-corrected chi connectivity index (χ4v) is 4.21. The van der Waals surface area contributed by atoms with Crippen LogP contribution in [0.15, 0.2) is 57.4 Å². The van der Waals surface area contributed by atoms with Crippen molar-refractivity contribution in [2.75, 3.05) is 0 Å². The average molecular weight is 384 g/mol. The first-order valence-corrected chi connectivity index (χ1v) is 10.0. The quantitative estimate of drug-likeness (QED) is 0.440. The molecule has 6 nitrogen and oxygen atoms in total. The van der Waals surface area contributed by atoms with Crippen LogP contribution in [-0.4, -0.2) is 25.0 Å². The number of hydrogen-bond donors (Lipinski definition) is 0. The zero-order valence-corrected chi connectivity index (χ0v) is 16.0. The monoisotopic (exact) mass is 383 g/mol. The molecule has 0 spiro atoms. The van der Waals surface area contributed by atoms with Gasteiger partial charge in [-0.1, -0.05) is 36.0 Å². The first-order chi connectivity index (χ1) is 12.8. The second-order valence-electron chi connectivity index (χ2n) is 5.60. The fraction of sp³-hybridized carbons (Fsp3) is 0.222. The van der Waals surface area contributed by atoms with Crippen molar-refractivity contribution < 1.29 is 4.42 Å². The van der Waals surface area contributed by atoms with E-state index in [0.29, 0.717) is 11.8 Å². The highest BCUT2D eigenvalue weighted by atomic mass is 32.2. The molecular formula is C18H17N5OS2. The zero-order chi connectivity index (χ0) is 17.9. The van der Waals surface area contributed by atoms with Gasteiger partial charge in [-0.2, -0.15) is 0 Å². The first-order valence-electron chi connectivity index (χ1n) is 8.28. The number of thioether (sulfide) groups is 1. The second-order valence-corrected chi connectivity index (χ2v) is 7.85. The molecule has 0 unspecified atom stereocenters. The highest BCUT2D eigenvalue weighted by Gasteiger charge is 2.21. The Balaban J connectivity index is 1.56. The van der Waals surface area contributed by atoms with E-state index in [1.165, 1.54) is 0 Å². The SMILES string of the molecule is CCn1c(S[C@@H](C)c2nnc(-c3ccccc3)o2)nnc1-c1cccs1. The van der Waals surface area contributed by atoms with Gasteiger partial charge in [-0.25, -0.2) is 0 Å². The Morgan fingerprint density at radius 1 is 1.08 bits per heavy atom. The van der Waals surface area contributed by atoms with Crippen LogP contribution >= 0.6 is 23.1 Å². The Labute approximate surface area is 159 Å². The maximum absolute atomic E-state index is 5.86. The summed E-state index contributed by atoms with van der Waals surface area (Å²) in [4.78, 5) is 1.11. The summed E-state index contributed by atoms with van der Waals surface area (Å²) in [5, 5.41) is 20.0. The minimum absolute atomic E-state index is 0.0225. The third-order valence-electron chi connectivity index (χ3n) is 3.87. The number of nitrogens with zero attached hydrogens (tertiary/aromatic N) is 5. The molecule has 0 aliphatic carbocycles. The minimum Gasteiger partial charge on any atom is -0.419 e. The Bertz CT molecular complexity index is 978. The van der Waals surface area contributed by atoms with Gasteiger partial charge in [0.1, 0.15) is 0 Å². The molecule has 0 aliphatic rings. The summed E-state index contributed by atoms with van der Waals surface area (Å²) in [6, 6.07) is 13.9. The van der Waals surface area contributed by atoms with E-state index in [2.05, 4.69) is 38.0 Å². The lowest BCUT2D eigenvalue weighted by atomic mass is 10.2. The van der Waals surface area contributed by atoms with Gasteiger partial charge in [0, 0.05) is 12.1 Å². The molecule has 8 heteroatoms. The number of hydrogen-bond acceptors (Lipinski definition) is 7. The third kappa shape index (κ3) is 3.30. The van der Waals surface area contributed by atoms with Gasteiger partial charge >= 0.3 is 0 Å². The summed E-state index contributed by atoms with van der Waals surface area (Å²) in [6.07, 6.45) is 0. The van der Waals surface area contributed by atoms with E-state index in [0.717, 1.165) is 28.0 Å². The van der Waals surface area contributed by atoms with Gasteiger partial charge in [0.2, 0.25) is 11.8 Å². The van der Waals surface area contributed by atoms with Crippen LogP contribution < -0.4 is 0 Å². The Morgan fingerprint density at radius 2 is 1.92 bits per heavy atom. The number of benzene rings is 1. The number of aromatic nitrogens is 5. The van der Waals surface area contributed by atoms with Gasteiger partial charge in [-0.15, -0.1) is 31.7 Å².